The van der Waals surface area contributed by atoms with E-state index in [1.807, 2.05) is 0 Å². The minimum Gasteiger partial charge on any atom is -0.543 e. The number of rotatable bonds is 2. The largest absolute Gasteiger partial charge is 1.00 e. The Hall–Kier alpha value is -1.15. The third kappa shape index (κ3) is 2.34. The van der Waals surface area contributed by atoms with Gasteiger partial charge in [-0.05, 0) is 11.5 Å². The Bertz CT molecular complexity index is 602. The molecule has 0 radical (unpaired) electrons. The molecule has 2 aliphatic heterocycles. The molecule has 1 atom stereocenters. The van der Waals surface area contributed by atoms with Gasteiger partial charge in [0.15, 0.2) is 0 Å². The van der Waals surface area contributed by atoms with Crippen LogP contribution in [0.4, 0.5) is 0 Å². The molecule has 6 nitrogen and oxygen atoms in total. The molecule has 2 aliphatic rings. The summed E-state index contributed by atoms with van der Waals surface area (Å²) in [7, 11) is 0. The quantitative estimate of drug-likeness (QED) is 0.316. The summed E-state index contributed by atoms with van der Waals surface area (Å²) in [5.41, 5.74) is 1.02. The molecule has 1 amide bonds. The van der Waals surface area contributed by atoms with Crippen LogP contribution in [0.2, 0.25) is 0 Å². The molecule has 0 aliphatic carbocycles. The average Bonchev–Trinajstić information content (AvgIpc) is 2.77. The van der Waals surface area contributed by atoms with Gasteiger partial charge >= 0.3 is 29.6 Å². The van der Waals surface area contributed by atoms with Gasteiger partial charge in [0.05, 0.1) is 29.1 Å². The number of hydrogen-bond donors (Lipinski definition) is 0. The zero-order chi connectivity index (χ0) is 12.7. The molecule has 0 bridgehead atoms. The predicted molar refractivity (Wildman–Crippen MR) is 61.3 cm³/mol. The van der Waals surface area contributed by atoms with Gasteiger partial charge in [-0.2, -0.15) is 0 Å². The van der Waals surface area contributed by atoms with Gasteiger partial charge < -0.3 is 9.90 Å². The number of nitrogens with zero attached hydrogens (tertiary/aromatic N) is 3. The maximum atomic E-state index is 11.8. The first kappa shape index (κ1) is 14.3. The van der Waals surface area contributed by atoms with Crippen molar-refractivity contribution in [2.45, 2.75) is 5.37 Å². The van der Waals surface area contributed by atoms with E-state index in [2.05, 4.69) is 9.97 Å². The smallest absolute Gasteiger partial charge is 0.543 e. The van der Waals surface area contributed by atoms with Crippen molar-refractivity contribution in [3.8, 4) is 0 Å². The van der Waals surface area contributed by atoms with Gasteiger partial charge in [-0.25, -0.2) is 0 Å². The summed E-state index contributed by atoms with van der Waals surface area (Å²) < 4.78 is 0. The number of carbonyl (C=O) groups is 2. The van der Waals surface area contributed by atoms with Gasteiger partial charge in [0.25, 0.3) is 5.91 Å². The molecule has 1 fully saturated rings. The Labute approximate surface area is 134 Å². The zero-order valence-electron chi connectivity index (χ0n) is 9.94. The zero-order valence-corrected chi connectivity index (χ0v) is 12.8. The molecule has 1 aromatic heterocycles. The normalized spacial score (nSPS) is 22.4. The standard InChI is InChI=1S/C11H7N3O3S.Na/c15-9-7(3-6-4-12-1-2-13-6)10-14(9)8(5-18-10)11(16)17;/h1-5,10H,(H,16,17);/q;+1/p-1/b7-3+;/t10-;/m1./s1. The van der Waals surface area contributed by atoms with Crippen molar-refractivity contribution in [3.05, 3.63) is 41.0 Å². The van der Waals surface area contributed by atoms with Crippen molar-refractivity contribution in [1.29, 1.82) is 0 Å². The van der Waals surface area contributed by atoms with Gasteiger partial charge in [0, 0.05) is 12.4 Å². The monoisotopic (exact) mass is 283 g/mol. The molecule has 1 aromatic rings. The van der Waals surface area contributed by atoms with E-state index in [0.29, 0.717) is 11.3 Å². The number of carbonyl (C=O) groups excluding carboxylic acids is 2. The van der Waals surface area contributed by atoms with E-state index in [-0.39, 0.29) is 46.5 Å². The first-order valence-electron chi connectivity index (χ1n) is 5.06. The molecule has 0 N–H and O–H groups in total. The fraction of sp³-hybridized carbons (Fsp3) is 0.0909. The summed E-state index contributed by atoms with van der Waals surface area (Å²) in [6.07, 6.45) is 6.22. The van der Waals surface area contributed by atoms with Crippen LogP contribution in [-0.2, 0) is 9.59 Å². The number of β-lactam (4-membered cyclic amide) rings is 1. The van der Waals surface area contributed by atoms with Crippen LogP contribution in [0.3, 0.4) is 0 Å². The van der Waals surface area contributed by atoms with Crippen LogP contribution in [0.5, 0.6) is 0 Å². The molecular weight excluding hydrogens is 277 g/mol. The van der Waals surface area contributed by atoms with E-state index >= 15 is 0 Å². The number of carboxylic acid groups (broad SMARTS) is 1. The molecule has 90 valence electrons. The maximum absolute atomic E-state index is 11.8. The van der Waals surface area contributed by atoms with Crippen molar-refractivity contribution in [2.75, 3.05) is 0 Å². The third-order valence-electron chi connectivity index (χ3n) is 2.63. The molecule has 1 saturated heterocycles. The van der Waals surface area contributed by atoms with Crippen molar-refractivity contribution in [2.24, 2.45) is 0 Å². The summed E-state index contributed by atoms with van der Waals surface area (Å²) >= 11 is 1.27. The van der Waals surface area contributed by atoms with E-state index in [1.54, 1.807) is 6.08 Å². The molecule has 0 aromatic carbocycles. The molecule has 3 rings (SSSR count). The summed E-state index contributed by atoms with van der Waals surface area (Å²) in [5.74, 6) is -1.66. The molecular formula is C11H6N3NaO3S. The number of thioether (sulfide) groups is 1. The van der Waals surface area contributed by atoms with Crippen LogP contribution in [0.1, 0.15) is 5.69 Å². The number of carboxylic acids is 1. The van der Waals surface area contributed by atoms with Gasteiger partial charge in [-0.1, -0.05) is 0 Å². The number of hydrogen-bond acceptors (Lipinski definition) is 6. The van der Waals surface area contributed by atoms with E-state index in [1.165, 1.54) is 40.7 Å². The van der Waals surface area contributed by atoms with Gasteiger partial charge in [-0.15, -0.1) is 11.8 Å². The molecule has 0 spiro atoms. The molecule has 0 unspecified atom stereocenters. The van der Waals surface area contributed by atoms with Gasteiger partial charge in [0.1, 0.15) is 5.37 Å². The Morgan fingerprint density at radius 3 is 2.89 bits per heavy atom. The Balaban J connectivity index is 0.00000133. The minimum atomic E-state index is -1.34. The number of aliphatic carboxylic acids is 1. The number of fused-ring (bicyclic) bond motifs is 1. The minimum absolute atomic E-state index is 0. The second kappa shape index (κ2) is 5.46. The molecule has 19 heavy (non-hydrogen) atoms. The average molecular weight is 283 g/mol. The Morgan fingerprint density at radius 2 is 2.26 bits per heavy atom. The fourth-order valence-corrected chi connectivity index (χ4v) is 2.92. The first-order chi connectivity index (χ1) is 8.68. The van der Waals surface area contributed by atoms with Gasteiger partial charge in [-0.3, -0.25) is 19.7 Å². The Kier molecular flexibility index (Phi) is 4.10. The summed E-state index contributed by atoms with van der Waals surface area (Å²) in [5, 5.41) is 11.9. The molecule has 3 heterocycles. The predicted octanol–water partition coefficient (Wildman–Crippen LogP) is -3.63. The Morgan fingerprint density at radius 1 is 1.47 bits per heavy atom. The summed E-state index contributed by atoms with van der Waals surface area (Å²) in [4.78, 5) is 31.7. The van der Waals surface area contributed by atoms with Crippen LogP contribution < -0.4 is 34.7 Å². The van der Waals surface area contributed by atoms with Crippen molar-refractivity contribution in [3.63, 3.8) is 0 Å². The fourth-order valence-electron chi connectivity index (χ4n) is 1.80. The van der Waals surface area contributed by atoms with E-state index < -0.39 is 5.97 Å². The topological polar surface area (TPSA) is 86.2 Å². The van der Waals surface area contributed by atoms with E-state index in [0.717, 1.165) is 0 Å². The number of aromatic nitrogens is 2. The maximum Gasteiger partial charge on any atom is 1.00 e. The second-order valence-corrected chi connectivity index (χ2v) is 4.64. The molecule has 0 saturated carbocycles. The number of amides is 1. The summed E-state index contributed by atoms with van der Waals surface area (Å²) in [6, 6.07) is 0. The third-order valence-corrected chi connectivity index (χ3v) is 3.71. The van der Waals surface area contributed by atoms with Gasteiger partial charge in [0.2, 0.25) is 0 Å². The van der Waals surface area contributed by atoms with Crippen LogP contribution in [0.15, 0.2) is 35.3 Å². The SMILES string of the molecule is O=C([O-])C1=CS[C@@H]2/C(=C/c3cnccn3)C(=O)N12.[Na+]. The van der Waals surface area contributed by atoms with Crippen molar-refractivity contribution < 1.29 is 44.3 Å². The second-order valence-electron chi connectivity index (χ2n) is 3.68. The van der Waals surface area contributed by atoms with Crippen LogP contribution >= 0.6 is 11.8 Å². The van der Waals surface area contributed by atoms with Crippen LogP contribution in [0, 0.1) is 0 Å². The molecule has 8 heteroatoms. The van der Waals surface area contributed by atoms with Crippen LogP contribution in [-0.4, -0.2) is 32.1 Å². The van der Waals surface area contributed by atoms with E-state index in [9.17, 15) is 14.7 Å². The van der Waals surface area contributed by atoms with E-state index in [4.69, 9.17) is 0 Å². The van der Waals surface area contributed by atoms with Crippen LogP contribution in [0.25, 0.3) is 6.08 Å². The first-order valence-corrected chi connectivity index (χ1v) is 6.01. The van der Waals surface area contributed by atoms with Crippen molar-refractivity contribution >= 4 is 29.7 Å². The van der Waals surface area contributed by atoms with Crippen molar-refractivity contribution in [1.82, 2.24) is 14.9 Å². The summed E-state index contributed by atoms with van der Waals surface area (Å²) in [6.45, 7) is 0.